The molecule has 80 valence electrons. The van der Waals surface area contributed by atoms with E-state index in [9.17, 15) is 5.11 Å². The van der Waals surface area contributed by atoms with Crippen molar-refractivity contribution in [1.82, 2.24) is 4.90 Å². The maximum atomic E-state index is 9.23. The van der Waals surface area contributed by atoms with E-state index in [4.69, 9.17) is 5.73 Å². The Labute approximate surface area is 81.9 Å². The molecule has 0 radical (unpaired) electrons. The molecule has 0 fully saturated rings. The third kappa shape index (κ3) is 4.07. The van der Waals surface area contributed by atoms with Crippen molar-refractivity contribution in [3.63, 3.8) is 0 Å². The number of nitrogens with two attached hydrogens (primary N) is 1. The predicted molar refractivity (Wildman–Crippen MR) is 56.7 cm³/mol. The summed E-state index contributed by atoms with van der Waals surface area (Å²) in [4.78, 5) is 2.22. The van der Waals surface area contributed by atoms with Gasteiger partial charge in [0.25, 0.3) is 0 Å². The molecule has 0 saturated heterocycles. The van der Waals surface area contributed by atoms with Crippen molar-refractivity contribution < 1.29 is 5.11 Å². The third-order valence-electron chi connectivity index (χ3n) is 2.58. The van der Waals surface area contributed by atoms with Crippen LogP contribution in [-0.2, 0) is 0 Å². The second-order valence-corrected chi connectivity index (χ2v) is 3.42. The Hall–Kier alpha value is -0.120. The number of hydrogen-bond acceptors (Lipinski definition) is 3. The molecule has 0 saturated carbocycles. The Balaban J connectivity index is 4.11. The van der Waals surface area contributed by atoms with E-state index in [2.05, 4.69) is 25.7 Å². The molecule has 0 aromatic rings. The van der Waals surface area contributed by atoms with Gasteiger partial charge in [-0.2, -0.15) is 0 Å². The van der Waals surface area contributed by atoms with Crippen LogP contribution >= 0.6 is 0 Å². The standard InChI is InChI=1S/C10H24N2O/c1-4-7-9(11)10(8-13)12(5-2)6-3/h9-10,13H,4-8,11H2,1-3H3. The lowest BCUT2D eigenvalue weighted by Gasteiger charge is -2.32. The molecule has 0 rings (SSSR count). The first-order valence-electron chi connectivity index (χ1n) is 5.31. The molecular weight excluding hydrogens is 164 g/mol. The van der Waals surface area contributed by atoms with Crippen LogP contribution in [0.25, 0.3) is 0 Å². The fourth-order valence-corrected chi connectivity index (χ4v) is 1.74. The van der Waals surface area contributed by atoms with Gasteiger partial charge in [0.1, 0.15) is 0 Å². The molecule has 0 bridgehead atoms. The van der Waals surface area contributed by atoms with Gasteiger partial charge in [0.2, 0.25) is 0 Å². The quantitative estimate of drug-likeness (QED) is 0.622. The average molecular weight is 188 g/mol. The molecule has 3 nitrogen and oxygen atoms in total. The van der Waals surface area contributed by atoms with Crippen molar-refractivity contribution in [3.8, 4) is 0 Å². The first-order valence-corrected chi connectivity index (χ1v) is 5.31. The maximum Gasteiger partial charge on any atom is 0.0601 e. The van der Waals surface area contributed by atoms with E-state index in [1.165, 1.54) is 0 Å². The van der Waals surface area contributed by atoms with Crippen molar-refractivity contribution in [2.24, 2.45) is 5.73 Å². The van der Waals surface area contributed by atoms with Gasteiger partial charge in [-0.3, -0.25) is 4.90 Å². The van der Waals surface area contributed by atoms with Gasteiger partial charge in [0.15, 0.2) is 0 Å². The Morgan fingerprint density at radius 3 is 2.08 bits per heavy atom. The van der Waals surface area contributed by atoms with E-state index in [0.717, 1.165) is 25.9 Å². The summed E-state index contributed by atoms with van der Waals surface area (Å²) in [6, 6.07) is 0.241. The van der Waals surface area contributed by atoms with Gasteiger partial charge >= 0.3 is 0 Å². The number of rotatable bonds is 7. The van der Waals surface area contributed by atoms with Crippen LogP contribution in [0.2, 0.25) is 0 Å². The fourth-order valence-electron chi connectivity index (χ4n) is 1.74. The zero-order chi connectivity index (χ0) is 10.3. The highest BCUT2D eigenvalue weighted by molar-refractivity contribution is 4.80. The molecule has 0 spiro atoms. The van der Waals surface area contributed by atoms with Crippen LogP contribution < -0.4 is 5.73 Å². The molecule has 0 aliphatic rings. The lowest BCUT2D eigenvalue weighted by molar-refractivity contribution is 0.110. The molecule has 3 N–H and O–H groups in total. The molecule has 2 unspecified atom stereocenters. The number of aliphatic hydroxyl groups excluding tert-OH is 1. The van der Waals surface area contributed by atoms with Crippen LogP contribution in [0.5, 0.6) is 0 Å². The zero-order valence-corrected chi connectivity index (χ0v) is 9.16. The summed E-state index contributed by atoms with van der Waals surface area (Å²) in [5, 5.41) is 9.23. The van der Waals surface area contributed by atoms with Gasteiger partial charge in [-0.25, -0.2) is 0 Å². The van der Waals surface area contributed by atoms with E-state index in [1.807, 2.05) is 0 Å². The zero-order valence-electron chi connectivity index (χ0n) is 9.16. The Morgan fingerprint density at radius 2 is 1.77 bits per heavy atom. The van der Waals surface area contributed by atoms with Crippen LogP contribution in [-0.4, -0.2) is 41.8 Å². The van der Waals surface area contributed by atoms with Gasteiger partial charge in [-0.15, -0.1) is 0 Å². The monoisotopic (exact) mass is 188 g/mol. The summed E-state index contributed by atoms with van der Waals surface area (Å²) < 4.78 is 0. The summed E-state index contributed by atoms with van der Waals surface area (Å²) >= 11 is 0. The van der Waals surface area contributed by atoms with Crippen LogP contribution in [0.3, 0.4) is 0 Å². The highest BCUT2D eigenvalue weighted by atomic mass is 16.3. The normalized spacial score (nSPS) is 16.2. The van der Waals surface area contributed by atoms with Gasteiger partial charge in [0.05, 0.1) is 6.61 Å². The largest absolute Gasteiger partial charge is 0.395 e. The SMILES string of the molecule is CCCC(N)C(CO)N(CC)CC. The molecule has 0 aromatic carbocycles. The van der Waals surface area contributed by atoms with Crippen molar-refractivity contribution in [2.75, 3.05) is 19.7 Å². The van der Waals surface area contributed by atoms with Crippen LogP contribution in [0, 0.1) is 0 Å². The third-order valence-corrected chi connectivity index (χ3v) is 2.58. The Kier molecular flexibility index (Phi) is 7.23. The minimum absolute atomic E-state index is 0.106. The molecule has 0 aliphatic carbocycles. The van der Waals surface area contributed by atoms with Gasteiger partial charge in [-0.05, 0) is 19.5 Å². The molecule has 3 heteroatoms. The Bertz CT molecular complexity index is 115. The van der Waals surface area contributed by atoms with Gasteiger partial charge in [0, 0.05) is 12.1 Å². The molecule has 2 atom stereocenters. The van der Waals surface area contributed by atoms with Crippen molar-refractivity contribution in [3.05, 3.63) is 0 Å². The van der Waals surface area contributed by atoms with Crippen LogP contribution in [0.4, 0.5) is 0 Å². The van der Waals surface area contributed by atoms with E-state index in [-0.39, 0.29) is 18.7 Å². The molecule has 0 amide bonds. The van der Waals surface area contributed by atoms with E-state index >= 15 is 0 Å². The summed E-state index contributed by atoms with van der Waals surface area (Å²) in [5.41, 5.74) is 5.99. The maximum absolute atomic E-state index is 9.23. The first-order chi connectivity index (χ1) is 6.21. The smallest absolute Gasteiger partial charge is 0.0601 e. The van der Waals surface area contributed by atoms with Crippen LogP contribution in [0.15, 0.2) is 0 Å². The lowest BCUT2D eigenvalue weighted by Crippen LogP contribution is -2.49. The summed E-state index contributed by atoms with van der Waals surface area (Å²) in [6.45, 7) is 8.41. The predicted octanol–water partition coefficient (Wildman–Crippen LogP) is 0.816. The van der Waals surface area contributed by atoms with E-state index < -0.39 is 0 Å². The number of hydrogen-bond donors (Lipinski definition) is 2. The van der Waals surface area contributed by atoms with Crippen molar-refractivity contribution >= 4 is 0 Å². The van der Waals surface area contributed by atoms with Crippen molar-refractivity contribution in [2.45, 2.75) is 45.7 Å². The number of aliphatic hydroxyl groups is 1. The summed E-state index contributed by atoms with van der Waals surface area (Å²) in [6.07, 6.45) is 2.07. The number of likely N-dealkylation sites (N-methyl/N-ethyl adjacent to an activating group) is 1. The van der Waals surface area contributed by atoms with Gasteiger partial charge in [-0.1, -0.05) is 27.2 Å². The highest BCUT2D eigenvalue weighted by Crippen LogP contribution is 2.07. The van der Waals surface area contributed by atoms with E-state index in [0.29, 0.717) is 0 Å². The Morgan fingerprint density at radius 1 is 1.23 bits per heavy atom. The fraction of sp³-hybridized carbons (Fsp3) is 1.00. The second-order valence-electron chi connectivity index (χ2n) is 3.42. The number of nitrogens with zero attached hydrogens (tertiary/aromatic N) is 1. The topological polar surface area (TPSA) is 49.5 Å². The first kappa shape index (κ1) is 12.9. The van der Waals surface area contributed by atoms with Crippen LogP contribution in [0.1, 0.15) is 33.6 Å². The molecule has 0 aromatic heterocycles. The molecular formula is C10H24N2O. The molecule has 0 heterocycles. The second kappa shape index (κ2) is 7.30. The van der Waals surface area contributed by atoms with E-state index in [1.54, 1.807) is 0 Å². The minimum atomic E-state index is 0.106. The van der Waals surface area contributed by atoms with Gasteiger partial charge < -0.3 is 10.8 Å². The minimum Gasteiger partial charge on any atom is -0.395 e. The average Bonchev–Trinajstić information content (AvgIpc) is 2.14. The highest BCUT2D eigenvalue weighted by Gasteiger charge is 2.20. The summed E-state index contributed by atoms with van der Waals surface area (Å²) in [5.74, 6) is 0. The lowest BCUT2D eigenvalue weighted by atomic mass is 10.0. The molecule has 13 heavy (non-hydrogen) atoms. The summed E-state index contributed by atoms with van der Waals surface area (Å²) in [7, 11) is 0. The van der Waals surface area contributed by atoms with Crippen molar-refractivity contribution in [1.29, 1.82) is 0 Å². The molecule has 0 aliphatic heterocycles.